The summed E-state index contributed by atoms with van der Waals surface area (Å²) in [6.45, 7) is -0.256. The SMILES string of the molecule is CN(CCC(=O)O)S(=O)(=O)Cc1c(F)cccc1F. The van der Waals surface area contributed by atoms with Crippen LogP contribution in [0, 0.1) is 11.6 Å². The summed E-state index contributed by atoms with van der Waals surface area (Å²) >= 11 is 0. The van der Waals surface area contributed by atoms with Crippen LogP contribution in [0.1, 0.15) is 12.0 Å². The van der Waals surface area contributed by atoms with Crippen molar-refractivity contribution < 1.29 is 27.1 Å². The van der Waals surface area contributed by atoms with Gasteiger partial charge < -0.3 is 5.11 Å². The fourth-order valence-corrected chi connectivity index (χ4v) is 2.59. The lowest BCUT2D eigenvalue weighted by Crippen LogP contribution is -2.30. The topological polar surface area (TPSA) is 74.7 Å². The Morgan fingerprint density at radius 2 is 1.84 bits per heavy atom. The van der Waals surface area contributed by atoms with E-state index in [0.717, 1.165) is 29.6 Å². The number of halogens is 2. The van der Waals surface area contributed by atoms with E-state index < -0.39 is 38.9 Å². The highest BCUT2D eigenvalue weighted by molar-refractivity contribution is 7.88. The van der Waals surface area contributed by atoms with E-state index in [4.69, 9.17) is 5.11 Å². The third kappa shape index (κ3) is 4.25. The maximum Gasteiger partial charge on any atom is 0.304 e. The molecule has 0 atom stereocenters. The lowest BCUT2D eigenvalue weighted by Gasteiger charge is -2.16. The van der Waals surface area contributed by atoms with E-state index in [0.29, 0.717) is 0 Å². The molecule has 0 heterocycles. The molecule has 0 aliphatic carbocycles. The molecule has 0 aliphatic heterocycles. The quantitative estimate of drug-likeness (QED) is 0.855. The molecule has 0 unspecified atom stereocenters. The number of sulfonamides is 1. The minimum atomic E-state index is -3.96. The first-order chi connectivity index (χ1) is 8.74. The van der Waals surface area contributed by atoms with Gasteiger partial charge >= 0.3 is 5.97 Å². The Balaban J connectivity index is 2.88. The lowest BCUT2D eigenvalue weighted by atomic mass is 10.2. The van der Waals surface area contributed by atoms with Gasteiger partial charge in [-0.2, -0.15) is 0 Å². The molecule has 8 heteroatoms. The molecular formula is C11H13F2NO4S. The zero-order valence-corrected chi connectivity index (χ0v) is 11.0. The summed E-state index contributed by atoms with van der Waals surface area (Å²) < 4.78 is 51.1. The monoisotopic (exact) mass is 293 g/mol. The molecular weight excluding hydrogens is 280 g/mol. The maximum atomic E-state index is 13.3. The van der Waals surface area contributed by atoms with Gasteiger partial charge in [0.05, 0.1) is 12.2 Å². The summed E-state index contributed by atoms with van der Waals surface area (Å²) in [5.41, 5.74) is -0.551. The average molecular weight is 293 g/mol. The van der Waals surface area contributed by atoms with Crippen molar-refractivity contribution in [2.75, 3.05) is 13.6 Å². The van der Waals surface area contributed by atoms with Crippen LogP contribution < -0.4 is 0 Å². The molecule has 1 rings (SSSR count). The number of hydrogen-bond donors (Lipinski definition) is 1. The number of carbonyl (C=O) groups is 1. The van der Waals surface area contributed by atoms with E-state index in [1.807, 2.05) is 0 Å². The fraction of sp³-hybridized carbons (Fsp3) is 0.364. The van der Waals surface area contributed by atoms with Crippen LogP contribution in [0.4, 0.5) is 8.78 Å². The van der Waals surface area contributed by atoms with E-state index >= 15 is 0 Å². The highest BCUT2D eigenvalue weighted by atomic mass is 32.2. The Hall–Kier alpha value is -1.54. The molecule has 1 aromatic rings. The van der Waals surface area contributed by atoms with Crippen molar-refractivity contribution in [2.24, 2.45) is 0 Å². The van der Waals surface area contributed by atoms with Crippen LogP contribution in [-0.4, -0.2) is 37.4 Å². The average Bonchev–Trinajstić information content (AvgIpc) is 2.31. The second-order valence-electron chi connectivity index (χ2n) is 3.92. The summed E-state index contributed by atoms with van der Waals surface area (Å²) in [7, 11) is -2.80. The first-order valence-corrected chi connectivity index (χ1v) is 6.93. The zero-order valence-electron chi connectivity index (χ0n) is 10.1. The normalized spacial score (nSPS) is 11.8. The molecule has 19 heavy (non-hydrogen) atoms. The van der Waals surface area contributed by atoms with Crippen molar-refractivity contribution in [3.8, 4) is 0 Å². The molecule has 0 aromatic heterocycles. The fourth-order valence-electron chi connectivity index (χ4n) is 1.35. The standard InChI is InChI=1S/C11H13F2NO4S/c1-14(6-5-11(15)16)19(17,18)7-8-9(12)3-2-4-10(8)13/h2-4H,5-7H2,1H3,(H,15,16). The maximum absolute atomic E-state index is 13.3. The molecule has 0 spiro atoms. The molecule has 1 N–H and O–H groups in total. The number of rotatable bonds is 6. The molecule has 0 aliphatic rings. The van der Waals surface area contributed by atoms with Crippen LogP contribution in [0.5, 0.6) is 0 Å². The van der Waals surface area contributed by atoms with E-state index in [2.05, 4.69) is 0 Å². The Bertz CT molecular complexity index is 554. The van der Waals surface area contributed by atoms with Gasteiger partial charge in [-0.15, -0.1) is 0 Å². The van der Waals surface area contributed by atoms with E-state index in [9.17, 15) is 22.0 Å². The number of nitrogens with zero attached hydrogens (tertiary/aromatic N) is 1. The van der Waals surface area contributed by atoms with Crippen molar-refractivity contribution in [1.82, 2.24) is 4.31 Å². The molecule has 0 radical (unpaired) electrons. The summed E-state index contributed by atoms with van der Waals surface area (Å²) in [6.07, 6.45) is -0.379. The van der Waals surface area contributed by atoms with Crippen LogP contribution >= 0.6 is 0 Å². The first kappa shape index (κ1) is 15.5. The summed E-state index contributed by atoms with van der Waals surface area (Å²) in [5.74, 6) is -3.90. The van der Waals surface area contributed by atoms with Crippen LogP contribution in [0.3, 0.4) is 0 Å². The summed E-state index contributed by atoms with van der Waals surface area (Å²) in [5, 5.41) is 8.46. The minimum absolute atomic E-state index is 0.256. The molecule has 0 amide bonds. The van der Waals surface area contributed by atoms with Gasteiger partial charge in [0, 0.05) is 19.2 Å². The van der Waals surface area contributed by atoms with Crippen LogP contribution in [0.25, 0.3) is 0 Å². The number of aliphatic carboxylic acids is 1. The smallest absolute Gasteiger partial charge is 0.304 e. The highest BCUT2D eigenvalue weighted by Crippen LogP contribution is 2.17. The highest BCUT2D eigenvalue weighted by Gasteiger charge is 2.23. The van der Waals surface area contributed by atoms with Crippen molar-refractivity contribution in [3.63, 3.8) is 0 Å². The molecule has 0 saturated carbocycles. The summed E-state index contributed by atoms with van der Waals surface area (Å²) in [4.78, 5) is 10.4. The second kappa shape index (κ2) is 6.07. The van der Waals surface area contributed by atoms with Crippen molar-refractivity contribution in [2.45, 2.75) is 12.2 Å². The Kier molecular flexibility index (Phi) is 4.96. The summed E-state index contributed by atoms with van der Waals surface area (Å²) in [6, 6.07) is 3.06. The minimum Gasteiger partial charge on any atom is -0.481 e. The lowest BCUT2D eigenvalue weighted by molar-refractivity contribution is -0.137. The van der Waals surface area contributed by atoms with Gasteiger partial charge in [0.2, 0.25) is 10.0 Å². The predicted octanol–water partition coefficient (Wildman–Crippen LogP) is 1.20. The van der Waals surface area contributed by atoms with Gasteiger partial charge in [-0.05, 0) is 12.1 Å². The van der Waals surface area contributed by atoms with Crippen molar-refractivity contribution >= 4 is 16.0 Å². The molecule has 0 saturated heterocycles. The van der Waals surface area contributed by atoms with Gasteiger partial charge in [0.15, 0.2) is 0 Å². The number of benzene rings is 1. The Labute approximate surface area is 109 Å². The first-order valence-electron chi connectivity index (χ1n) is 5.32. The molecule has 1 aromatic carbocycles. The van der Waals surface area contributed by atoms with E-state index in [1.165, 1.54) is 0 Å². The third-order valence-electron chi connectivity index (χ3n) is 2.50. The van der Waals surface area contributed by atoms with Crippen LogP contribution in [-0.2, 0) is 20.6 Å². The van der Waals surface area contributed by atoms with Gasteiger partial charge in [-0.3, -0.25) is 4.79 Å². The van der Waals surface area contributed by atoms with Crippen molar-refractivity contribution in [3.05, 3.63) is 35.4 Å². The van der Waals surface area contributed by atoms with Gasteiger partial charge in [-0.25, -0.2) is 21.5 Å². The second-order valence-corrected chi connectivity index (χ2v) is 6.00. The van der Waals surface area contributed by atoms with Gasteiger partial charge in [0.1, 0.15) is 11.6 Å². The van der Waals surface area contributed by atoms with E-state index in [-0.39, 0.29) is 13.0 Å². The van der Waals surface area contributed by atoms with Crippen LogP contribution in [0.2, 0.25) is 0 Å². The van der Waals surface area contributed by atoms with E-state index in [1.54, 1.807) is 0 Å². The molecule has 5 nitrogen and oxygen atoms in total. The largest absolute Gasteiger partial charge is 0.481 e. The molecule has 0 bridgehead atoms. The molecule has 0 fully saturated rings. The van der Waals surface area contributed by atoms with Crippen LogP contribution in [0.15, 0.2) is 18.2 Å². The molecule has 106 valence electrons. The number of carboxylic acid groups (broad SMARTS) is 1. The number of carboxylic acids is 1. The number of hydrogen-bond acceptors (Lipinski definition) is 3. The predicted molar refractivity (Wildman–Crippen MR) is 63.9 cm³/mol. The third-order valence-corrected chi connectivity index (χ3v) is 4.29. The van der Waals surface area contributed by atoms with Gasteiger partial charge in [0.25, 0.3) is 0 Å². The Morgan fingerprint density at radius 3 is 2.32 bits per heavy atom. The Morgan fingerprint density at radius 1 is 1.32 bits per heavy atom. The van der Waals surface area contributed by atoms with Crippen molar-refractivity contribution in [1.29, 1.82) is 0 Å². The zero-order chi connectivity index (χ0) is 14.6. The van der Waals surface area contributed by atoms with Gasteiger partial charge in [-0.1, -0.05) is 6.07 Å².